The molecule has 31 heavy (non-hydrogen) atoms. The Morgan fingerprint density at radius 2 is 1.55 bits per heavy atom. The van der Waals surface area contributed by atoms with Crippen LogP contribution in [0.15, 0.2) is 60.7 Å². The summed E-state index contributed by atoms with van der Waals surface area (Å²) in [4.78, 5) is 0. The molecule has 2 aromatic rings. The molecule has 3 rings (SSSR count). The second-order valence-corrected chi connectivity index (χ2v) is 6.73. The van der Waals surface area contributed by atoms with Crippen molar-refractivity contribution in [2.45, 2.75) is 32.2 Å². The molecule has 0 spiro atoms. The lowest BCUT2D eigenvalue weighted by molar-refractivity contribution is -0.0851. The Labute approximate surface area is 195 Å². The minimum atomic E-state index is -0.735. The van der Waals surface area contributed by atoms with Crippen LogP contribution in [0, 0.1) is 0 Å². The van der Waals surface area contributed by atoms with Crippen molar-refractivity contribution in [2.24, 2.45) is 0 Å². The quantitative estimate of drug-likeness (QED) is 0.451. The summed E-state index contributed by atoms with van der Waals surface area (Å²) in [6, 6.07) is 19.1. The molecule has 1 aliphatic rings. The third kappa shape index (κ3) is 11.8. The summed E-state index contributed by atoms with van der Waals surface area (Å²) in [5, 5.41) is 17.6. The molecule has 2 aromatic carbocycles. The van der Waals surface area contributed by atoms with Crippen molar-refractivity contribution in [1.82, 2.24) is 0 Å². The number of hydrogen-bond donors (Lipinski definition) is 2. The van der Waals surface area contributed by atoms with Gasteiger partial charge >= 0.3 is 0 Å². The smallest absolute Gasteiger partial charge is 0.172 e. The summed E-state index contributed by atoms with van der Waals surface area (Å²) in [6.07, 6.45) is -1.18. The van der Waals surface area contributed by atoms with Crippen LogP contribution < -0.4 is 0 Å². The van der Waals surface area contributed by atoms with Crippen LogP contribution in [0.1, 0.15) is 30.8 Å². The van der Waals surface area contributed by atoms with E-state index in [-0.39, 0.29) is 32.7 Å². The summed E-state index contributed by atoms with van der Waals surface area (Å²) in [6.45, 7) is 0.380. The lowest BCUT2D eigenvalue weighted by atomic mass is 10.1. The average Bonchev–Trinajstić information content (AvgIpc) is 3.31. The van der Waals surface area contributed by atoms with Crippen LogP contribution in [0.25, 0.3) is 0 Å². The van der Waals surface area contributed by atoms with Crippen LogP contribution in [-0.4, -0.2) is 62.0 Å². The Bertz CT molecular complexity index is 638. The van der Waals surface area contributed by atoms with Gasteiger partial charge in [-0.1, -0.05) is 68.1 Å². The van der Waals surface area contributed by atoms with Crippen LogP contribution in [0.2, 0.25) is 0 Å². The standard InChI is InChI=1S/C10H11ClO2.C8H10O2.C4H9ClO2.CH4/c11-6-10-12-7-9(13-10)8-4-2-1-3-5-8;9-6-8(10)7-4-2-1-3-5-7;1-6-4(3-5)7-2;/h1-5,9-10H,6-7H2;1-5,8-10H,6H2;4H,3H2,1-2H3;1H4. The second kappa shape index (κ2) is 18.4. The van der Waals surface area contributed by atoms with Crippen molar-refractivity contribution in [3.63, 3.8) is 0 Å². The maximum atomic E-state index is 9.08. The molecule has 176 valence electrons. The third-order valence-electron chi connectivity index (χ3n) is 4.06. The molecule has 1 heterocycles. The van der Waals surface area contributed by atoms with Gasteiger partial charge in [-0.05, 0) is 11.1 Å². The van der Waals surface area contributed by atoms with Crippen molar-refractivity contribution < 1.29 is 29.2 Å². The van der Waals surface area contributed by atoms with Crippen LogP contribution in [0.3, 0.4) is 0 Å². The topological polar surface area (TPSA) is 77.4 Å². The first-order valence-electron chi connectivity index (χ1n) is 9.42. The number of methoxy groups -OCH3 is 2. The number of halogens is 2. The number of aliphatic hydroxyl groups excluding tert-OH is 2. The summed E-state index contributed by atoms with van der Waals surface area (Å²) in [5.41, 5.74) is 1.90. The predicted octanol–water partition coefficient (Wildman–Crippen LogP) is 4.53. The second-order valence-electron chi connectivity index (χ2n) is 6.12. The van der Waals surface area contributed by atoms with Crippen LogP contribution >= 0.6 is 23.2 Å². The van der Waals surface area contributed by atoms with Crippen molar-refractivity contribution in [1.29, 1.82) is 0 Å². The highest BCUT2D eigenvalue weighted by atomic mass is 35.5. The summed E-state index contributed by atoms with van der Waals surface area (Å²) >= 11 is 10.9. The van der Waals surface area contributed by atoms with Crippen molar-refractivity contribution in [3.05, 3.63) is 71.8 Å². The van der Waals surface area contributed by atoms with Gasteiger partial charge in [0.1, 0.15) is 12.2 Å². The molecular formula is C23H34Cl2O6. The Morgan fingerprint density at radius 1 is 1.00 bits per heavy atom. The van der Waals surface area contributed by atoms with E-state index in [2.05, 4.69) is 0 Å². The Balaban J connectivity index is 0.000000451. The van der Waals surface area contributed by atoms with Gasteiger partial charge in [-0.15, -0.1) is 23.2 Å². The molecule has 0 radical (unpaired) electrons. The summed E-state index contributed by atoms with van der Waals surface area (Å²) in [7, 11) is 3.10. The zero-order valence-corrected chi connectivity index (χ0v) is 18.7. The van der Waals surface area contributed by atoms with Gasteiger partial charge in [-0.2, -0.15) is 0 Å². The van der Waals surface area contributed by atoms with E-state index in [9.17, 15) is 0 Å². The van der Waals surface area contributed by atoms with Gasteiger partial charge in [0.05, 0.1) is 25.0 Å². The predicted molar refractivity (Wildman–Crippen MR) is 124 cm³/mol. The van der Waals surface area contributed by atoms with E-state index in [4.69, 9.17) is 52.4 Å². The molecule has 1 aliphatic heterocycles. The molecular weight excluding hydrogens is 443 g/mol. The highest BCUT2D eigenvalue weighted by Gasteiger charge is 2.26. The van der Waals surface area contributed by atoms with Gasteiger partial charge < -0.3 is 29.2 Å². The maximum absolute atomic E-state index is 9.08. The van der Waals surface area contributed by atoms with E-state index in [1.165, 1.54) is 0 Å². The number of benzene rings is 2. The Hall–Kier alpha value is -1.22. The molecule has 0 saturated carbocycles. The fourth-order valence-electron chi connectivity index (χ4n) is 2.38. The molecule has 3 unspecified atom stereocenters. The molecule has 0 amide bonds. The van der Waals surface area contributed by atoms with Gasteiger partial charge in [0.25, 0.3) is 0 Å². The van der Waals surface area contributed by atoms with Crippen LogP contribution in [0.5, 0.6) is 0 Å². The normalized spacial score (nSPS) is 18.2. The SMILES string of the molecule is C.COC(CCl)OC.ClCC1OCC(c2ccccc2)O1.OCC(O)c1ccccc1. The zero-order chi connectivity index (χ0) is 22.2. The molecule has 6 nitrogen and oxygen atoms in total. The molecule has 8 heteroatoms. The third-order valence-corrected chi connectivity index (χ3v) is 4.56. The number of rotatable bonds is 7. The molecule has 0 aromatic heterocycles. The van der Waals surface area contributed by atoms with Crippen LogP contribution in [-0.2, 0) is 18.9 Å². The molecule has 2 N–H and O–H groups in total. The Kier molecular flexibility index (Phi) is 17.6. The lowest BCUT2D eigenvalue weighted by Gasteiger charge is -2.08. The van der Waals surface area contributed by atoms with E-state index in [0.29, 0.717) is 18.4 Å². The highest BCUT2D eigenvalue weighted by molar-refractivity contribution is 6.18. The summed E-state index contributed by atoms with van der Waals surface area (Å²) < 4.78 is 20.2. The largest absolute Gasteiger partial charge is 0.393 e. The van der Waals surface area contributed by atoms with Crippen molar-refractivity contribution in [2.75, 3.05) is 39.2 Å². The molecule has 3 atom stereocenters. The van der Waals surface area contributed by atoms with E-state index in [1.54, 1.807) is 26.4 Å². The monoisotopic (exact) mass is 476 g/mol. The van der Waals surface area contributed by atoms with Gasteiger partial charge in [0.2, 0.25) is 0 Å². The minimum absolute atomic E-state index is 0. The summed E-state index contributed by atoms with van der Waals surface area (Å²) in [5.74, 6) is 0.774. The number of alkyl halides is 2. The van der Waals surface area contributed by atoms with Gasteiger partial charge in [-0.25, -0.2) is 0 Å². The molecule has 0 aliphatic carbocycles. The first-order valence-corrected chi connectivity index (χ1v) is 10.5. The number of ether oxygens (including phenoxy) is 4. The maximum Gasteiger partial charge on any atom is 0.172 e. The van der Waals surface area contributed by atoms with Crippen molar-refractivity contribution >= 4 is 23.2 Å². The number of aliphatic hydroxyl groups is 2. The lowest BCUT2D eigenvalue weighted by Crippen LogP contribution is -2.13. The van der Waals surface area contributed by atoms with Gasteiger partial charge in [-0.3, -0.25) is 0 Å². The average molecular weight is 477 g/mol. The van der Waals surface area contributed by atoms with E-state index in [1.807, 2.05) is 48.5 Å². The highest BCUT2D eigenvalue weighted by Crippen LogP contribution is 2.26. The fourth-order valence-corrected chi connectivity index (χ4v) is 2.80. The molecule has 1 saturated heterocycles. The zero-order valence-electron chi connectivity index (χ0n) is 17.2. The Morgan fingerprint density at radius 3 is 1.94 bits per heavy atom. The van der Waals surface area contributed by atoms with E-state index < -0.39 is 6.10 Å². The fraction of sp³-hybridized carbons (Fsp3) is 0.478. The number of hydrogen-bond acceptors (Lipinski definition) is 6. The van der Waals surface area contributed by atoms with E-state index in [0.717, 1.165) is 11.1 Å². The van der Waals surface area contributed by atoms with Crippen LogP contribution in [0.4, 0.5) is 0 Å². The van der Waals surface area contributed by atoms with Gasteiger partial charge in [0, 0.05) is 14.2 Å². The first-order chi connectivity index (χ1) is 14.6. The first kappa shape index (κ1) is 29.8. The molecule has 0 bridgehead atoms. The van der Waals surface area contributed by atoms with Gasteiger partial charge in [0.15, 0.2) is 12.6 Å². The minimum Gasteiger partial charge on any atom is -0.393 e. The van der Waals surface area contributed by atoms with Crippen molar-refractivity contribution in [3.8, 4) is 0 Å². The van der Waals surface area contributed by atoms with E-state index >= 15 is 0 Å². The molecule has 1 fully saturated rings.